The number of rotatable bonds is 5. The second kappa shape index (κ2) is 8.68. The molecule has 0 radical (unpaired) electrons. The van der Waals surface area contributed by atoms with Crippen LogP contribution in [0, 0.1) is 6.92 Å². The molecule has 1 N–H and O–H groups in total. The van der Waals surface area contributed by atoms with Crippen molar-refractivity contribution in [2.45, 2.75) is 13.5 Å². The molecule has 0 bridgehead atoms. The van der Waals surface area contributed by atoms with Crippen LogP contribution < -0.4 is 10.2 Å². The lowest BCUT2D eigenvalue weighted by atomic mass is 10.1. The lowest BCUT2D eigenvalue weighted by Crippen LogP contribution is -2.49. The van der Waals surface area contributed by atoms with E-state index in [-0.39, 0.29) is 5.91 Å². The maximum Gasteiger partial charge on any atom is 0.272 e. The molecule has 3 heterocycles. The first-order chi connectivity index (χ1) is 14.2. The van der Waals surface area contributed by atoms with Crippen molar-refractivity contribution in [3.8, 4) is 0 Å². The van der Waals surface area contributed by atoms with Crippen molar-refractivity contribution < 1.29 is 4.79 Å². The number of hydrogen-bond donors (Lipinski definition) is 1. The smallest absolute Gasteiger partial charge is 0.272 e. The lowest BCUT2D eigenvalue weighted by Gasteiger charge is -2.35. The SMILES string of the molecule is Cc1ccccc1CNc1nccc(C(=O)N2CCN(c3ccccn3)CC2)n1. The van der Waals surface area contributed by atoms with Gasteiger partial charge >= 0.3 is 0 Å². The van der Waals surface area contributed by atoms with Crippen LogP contribution in [0.3, 0.4) is 0 Å². The van der Waals surface area contributed by atoms with Crippen LogP contribution in [-0.4, -0.2) is 51.9 Å². The lowest BCUT2D eigenvalue weighted by molar-refractivity contribution is 0.0740. The fourth-order valence-electron chi connectivity index (χ4n) is 3.39. The topological polar surface area (TPSA) is 74.2 Å². The zero-order chi connectivity index (χ0) is 20.1. The Balaban J connectivity index is 1.37. The summed E-state index contributed by atoms with van der Waals surface area (Å²) in [7, 11) is 0. The van der Waals surface area contributed by atoms with E-state index in [1.807, 2.05) is 35.2 Å². The number of pyridine rings is 1. The highest BCUT2D eigenvalue weighted by molar-refractivity contribution is 5.92. The molecule has 2 aromatic heterocycles. The predicted molar refractivity (Wildman–Crippen MR) is 113 cm³/mol. The molecule has 0 atom stereocenters. The van der Waals surface area contributed by atoms with Gasteiger partial charge in [-0.2, -0.15) is 0 Å². The van der Waals surface area contributed by atoms with Gasteiger partial charge in [0.15, 0.2) is 0 Å². The van der Waals surface area contributed by atoms with Gasteiger partial charge in [-0.3, -0.25) is 4.79 Å². The number of piperazine rings is 1. The Hall–Kier alpha value is -3.48. The minimum atomic E-state index is -0.0630. The van der Waals surface area contributed by atoms with E-state index in [0.29, 0.717) is 31.3 Å². The van der Waals surface area contributed by atoms with Crippen LogP contribution in [0.1, 0.15) is 21.6 Å². The minimum absolute atomic E-state index is 0.0630. The number of carbonyl (C=O) groups is 1. The Morgan fingerprint density at radius 1 is 0.966 bits per heavy atom. The predicted octanol–water partition coefficient (Wildman–Crippen LogP) is 2.75. The van der Waals surface area contributed by atoms with Crippen LogP contribution in [0.5, 0.6) is 0 Å². The molecule has 29 heavy (non-hydrogen) atoms. The maximum atomic E-state index is 12.9. The van der Waals surface area contributed by atoms with Gasteiger partial charge < -0.3 is 15.1 Å². The Labute approximate surface area is 170 Å². The van der Waals surface area contributed by atoms with Crippen LogP contribution >= 0.6 is 0 Å². The monoisotopic (exact) mass is 388 g/mol. The van der Waals surface area contributed by atoms with Crippen LogP contribution in [0.4, 0.5) is 11.8 Å². The quantitative estimate of drug-likeness (QED) is 0.724. The molecule has 0 spiro atoms. The molecule has 1 aliphatic rings. The van der Waals surface area contributed by atoms with Crippen molar-refractivity contribution in [1.82, 2.24) is 19.9 Å². The molecule has 1 aromatic carbocycles. The van der Waals surface area contributed by atoms with Crippen molar-refractivity contribution in [2.24, 2.45) is 0 Å². The van der Waals surface area contributed by atoms with Gasteiger partial charge in [-0.15, -0.1) is 0 Å². The van der Waals surface area contributed by atoms with E-state index in [9.17, 15) is 4.79 Å². The molecular weight excluding hydrogens is 364 g/mol. The zero-order valence-corrected chi connectivity index (χ0v) is 16.5. The number of nitrogens with zero attached hydrogens (tertiary/aromatic N) is 5. The number of benzene rings is 1. The largest absolute Gasteiger partial charge is 0.353 e. The van der Waals surface area contributed by atoms with Gasteiger partial charge in [0.2, 0.25) is 5.95 Å². The summed E-state index contributed by atoms with van der Waals surface area (Å²) in [6.07, 6.45) is 3.42. The average Bonchev–Trinajstić information content (AvgIpc) is 2.79. The molecule has 148 valence electrons. The first kappa shape index (κ1) is 18.9. The summed E-state index contributed by atoms with van der Waals surface area (Å²) in [5.41, 5.74) is 2.80. The normalized spacial score (nSPS) is 14.0. The van der Waals surface area contributed by atoms with E-state index in [2.05, 4.69) is 44.2 Å². The third kappa shape index (κ3) is 4.51. The highest BCUT2D eigenvalue weighted by Gasteiger charge is 2.23. The van der Waals surface area contributed by atoms with Crippen LogP contribution in [0.15, 0.2) is 60.9 Å². The van der Waals surface area contributed by atoms with E-state index < -0.39 is 0 Å². The summed E-state index contributed by atoms with van der Waals surface area (Å²) in [4.78, 5) is 30.0. The number of amides is 1. The summed E-state index contributed by atoms with van der Waals surface area (Å²) >= 11 is 0. The molecule has 0 saturated carbocycles. The Bertz CT molecular complexity index is 970. The van der Waals surface area contributed by atoms with E-state index in [1.54, 1.807) is 18.5 Å². The molecule has 7 nitrogen and oxygen atoms in total. The van der Waals surface area contributed by atoms with Crippen molar-refractivity contribution in [2.75, 3.05) is 36.4 Å². The van der Waals surface area contributed by atoms with Gasteiger partial charge in [-0.1, -0.05) is 30.3 Å². The van der Waals surface area contributed by atoms with Gasteiger partial charge in [0.25, 0.3) is 5.91 Å². The third-order valence-electron chi connectivity index (χ3n) is 5.11. The van der Waals surface area contributed by atoms with Crippen molar-refractivity contribution in [3.63, 3.8) is 0 Å². The fraction of sp³-hybridized carbons (Fsp3) is 0.273. The Morgan fingerprint density at radius 3 is 2.52 bits per heavy atom. The van der Waals surface area contributed by atoms with E-state index in [1.165, 1.54) is 11.1 Å². The summed E-state index contributed by atoms with van der Waals surface area (Å²) in [6, 6.07) is 15.7. The molecular formula is C22H24N6O. The molecule has 0 aliphatic carbocycles. The average molecular weight is 388 g/mol. The number of carbonyl (C=O) groups excluding carboxylic acids is 1. The zero-order valence-electron chi connectivity index (χ0n) is 16.5. The number of aromatic nitrogens is 3. The number of anilines is 2. The molecule has 4 rings (SSSR count). The summed E-state index contributed by atoms with van der Waals surface area (Å²) in [5, 5.41) is 3.22. The number of hydrogen-bond acceptors (Lipinski definition) is 6. The summed E-state index contributed by atoms with van der Waals surface area (Å²) < 4.78 is 0. The summed E-state index contributed by atoms with van der Waals surface area (Å²) in [6.45, 7) is 5.49. The number of aryl methyl sites for hydroxylation is 1. The van der Waals surface area contributed by atoms with Crippen molar-refractivity contribution in [1.29, 1.82) is 0 Å². The first-order valence-electron chi connectivity index (χ1n) is 9.77. The van der Waals surface area contributed by atoms with E-state index >= 15 is 0 Å². The van der Waals surface area contributed by atoms with Gasteiger partial charge in [0, 0.05) is 45.1 Å². The van der Waals surface area contributed by atoms with Crippen LogP contribution in [-0.2, 0) is 6.54 Å². The van der Waals surface area contributed by atoms with Crippen molar-refractivity contribution >= 4 is 17.7 Å². The van der Waals surface area contributed by atoms with E-state index in [0.717, 1.165) is 18.9 Å². The van der Waals surface area contributed by atoms with Gasteiger partial charge in [0.1, 0.15) is 11.5 Å². The van der Waals surface area contributed by atoms with Crippen molar-refractivity contribution in [3.05, 3.63) is 77.7 Å². The molecule has 1 fully saturated rings. The molecule has 1 amide bonds. The van der Waals surface area contributed by atoms with Gasteiger partial charge in [-0.25, -0.2) is 15.0 Å². The Kier molecular flexibility index (Phi) is 5.65. The Morgan fingerprint density at radius 2 is 1.76 bits per heavy atom. The molecule has 3 aromatic rings. The molecule has 0 unspecified atom stereocenters. The molecule has 7 heteroatoms. The maximum absolute atomic E-state index is 12.9. The second-order valence-electron chi connectivity index (χ2n) is 7.01. The second-order valence-corrected chi connectivity index (χ2v) is 7.01. The molecule has 1 aliphatic heterocycles. The molecule has 1 saturated heterocycles. The minimum Gasteiger partial charge on any atom is -0.353 e. The van der Waals surface area contributed by atoms with E-state index in [4.69, 9.17) is 0 Å². The van der Waals surface area contributed by atoms with Crippen LogP contribution in [0.2, 0.25) is 0 Å². The van der Waals surface area contributed by atoms with Gasteiger partial charge in [-0.05, 0) is 36.2 Å². The standard InChI is InChI=1S/C22H24N6O/c1-17-6-2-3-7-18(17)16-25-22-24-11-9-19(26-22)21(29)28-14-12-27(13-15-28)20-8-4-5-10-23-20/h2-11H,12-16H2,1H3,(H,24,25,26). The third-order valence-corrected chi connectivity index (χ3v) is 5.11. The highest BCUT2D eigenvalue weighted by Crippen LogP contribution is 2.15. The highest BCUT2D eigenvalue weighted by atomic mass is 16.2. The number of nitrogens with one attached hydrogen (secondary N) is 1. The first-order valence-corrected chi connectivity index (χ1v) is 9.77. The van der Waals surface area contributed by atoms with Gasteiger partial charge in [0.05, 0.1) is 0 Å². The summed E-state index contributed by atoms with van der Waals surface area (Å²) in [5.74, 6) is 1.35. The van der Waals surface area contributed by atoms with Crippen LogP contribution in [0.25, 0.3) is 0 Å². The fourth-order valence-corrected chi connectivity index (χ4v) is 3.39.